The topological polar surface area (TPSA) is 93.7 Å². The number of aryl methyl sites for hydroxylation is 1. The molecule has 160 valence electrons. The van der Waals surface area contributed by atoms with Crippen LogP contribution < -0.4 is 0 Å². The zero-order chi connectivity index (χ0) is 22.0. The van der Waals surface area contributed by atoms with Crippen LogP contribution in [0.4, 0.5) is 0 Å². The number of aromatic nitrogens is 1. The number of hydrogen-bond acceptors (Lipinski definition) is 3. The molecule has 0 aliphatic carbocycles. The molecule has 0 spiro atoms. The van der Waals surface area contributed by atoms with Crippen molar-refractivity contribution >= 4 is 28.7 Å². The minimum atomic E-state index is -1.10. The Hall–Kier alpha value is -3.61. The minimum Gasteiger partial charge on any atom is -0.481 e. The third-order valence-corrected chi connectivity index (χ3v) is 5.81. The molecule has 1 fully saturated rings. The Bertz CT molecular complexity index is 1120. The van der Waals surface area contributed by atoms with Gasteiger partial charge in [0.15, 0.2) is 0 Å². The molecule has 3 aromatic rings. The average Bonchev–Trinajstić information content (AvgIpc) is 3.16. The second-order valence-corrected chi connectivity index (χ2v) is 7.92. The van der Waals surface area contributed by atoms with E-state index in [1.165, 1.54) is 10.5 Å². The van der Waals surface area contributed by atoms with Gasteiger partial charge in [-0.2, -0.15) is 0 Å². The molecule has 1 aliphatic rings. The summed E-state index contributed by atoms with van der Waals surface area (Å²) in [6, 6.07) is 13.9. The van der Waals surface area contributed by atoms with Crippen LogP contribution in [-0.2, 0) is 16.0 Å². The second-order valence-electron chi connectivity index (χ2n) is 7.92. The maximum absolute atomic E-state index is 13.1. The molecule has 1 saturated heterocycles. The Labute approximate surface area is 180 Å². The third kappa shape index (κ3) is 4.30. The van der Waals surface area contributed by atoms with E-state index in [0.717, 1.165) is 16.5 Å². The predicted octanol–water partition coefficient (Wildman–Crippen LogP) is 2.85. The number of amides is 2. The molecule has 1 unspecified atom stereocenters. The first-order valence-electron chi connectivity index (χ1n) is 10.4. The Balaban J connectivity index is 1.49. The lowest BCUT2D eigenvalue weighted by atomic mass is 10.0. The van der Waals surface area contributed by atoms with Gasteiger partial charge in [0.25, 0.3) is 5.91 Å². The second kappa shape index (κ2) is 8.63. The smallest absolute Gasteiger partial charge is 0.305 e. The number of piperazine rings is 1. The Morgan fingerprint density at radius 2 is 1.90 bits per heavy atom. The molecule has 2 amide bonds. The fourth-order valence-corrected chi connectivity index (χ4v) is 4.18. The largest absolute Gasteiger partial charge is 0.481 e. The molecule has 1 atom stereocenters. The number of fused-ring (bicyclic) bond motifs is 1. The molecular formula is C24H25N3O4. The summed E-state index contributed by atoms with van der Waals surface area (Å²) in [6.07, 6.45) is 2.21. The number of carbonyl (C=O) groups is 3. The van der Waals surface area contributed by atoms with Gasteiger partial charge < -0.3 is 19.9 Å². The molecule has 2 heterocycles. The maximum atomic E-state index is 13.1. The van der Waals surface area contributed by atoms with Crippen molar-refractivity contribution in [2.45, 2.75) is 25.8 Å². The van der Waals surface area contributed by atoms with E-state index in [9.17, 15) is 19.5 Å². The number of carbonyl (C=O) groups excluding carboxylic acids is 2. The summed E-state index contributed by atoms with van der Waals surface area (Å²) < 4.78 is 0. The Morgan fingerprint density at radius 3 is 2.65 bits per heavy atom. The van der Waals surface area contributed by atoms with Gasteiger partial charge in [-0.05, 0) is 42.7 Å². The van der Waals surface area contributed by atoms with E-state index in [2.05, 4.69) is 23.2 Å². The lowest BCUT2D eigenvalue weighted by molar-refractivity contribution is -0.147. The third-order valence-electron chi connectivity index (χ3n) is 5.81. The van der Waals surface area contributed by atoms with Gasteiger partial charge in [0, 0.05) is 42.3 Å². The summed E-state index contributed by atoms with van der Waals surface area (Å²) in [6.45, 7) is 3.21. The number of rotatable bonds is 6. The highest BCUT2D eigenvalue weighted by molar-refractivity contribution is 5.99. The lowest BCUT2D eigenvalue weighted by Crippen LogP contribution is -2.59. The first-order chi connectivity index (χ1) is 14.9. The molecule has 7 nitrogen and oxygen atoms in total. The van der Waals surface area contributed by atoms with Gasteiger partial charge in [0.1, 0.15) is 6.04 Å². The van der Waals surface area contributed by atoms with Gasteiger partial charge in [-0.3, -0.25) is 14.4 Å². The van der Waals surface area contributed by atoms with Crippen molar-refractivity contribution in [1.29, 1.82) is 0 Å². The molecule has 2 N–H and O–H groups in total. The summed E-state index contributed by atoms with van der Waals surface area (Å²) in [5.41, 5.74) is 3.80. The number of nitrogens with one attached hydrogen (secondary N) is 1. The van der Waals surface area contributed by atoms with Gasteiger partial charge in [-0.25, -0.2) is 0 Å². The van der Waals surface area contributed by atoms with Crippen LogP contribution in [-0.4, -0.2) is 63.4 Å². The number of benzene rings is 2. The number of aromatic amines is 1. The highest BCUT2D eigenvalue weighted by Crippen LogP contribution is 2.22. The van der Waals surface area contributed by atoms with Crippen molar-refractivity contribution in [3.05, 3.63) is 71.4 Å². The lowest BCUT2D eigenvalue weighted by Gasteiger charge is -2.40. The zero-order valence-corrected chi connectivity index (χ0v) is 17.4. The monoisotopic (exact) mass is 419 g/mol. The number of carboxylic acids is 1. The number of H-pyrrole nitrogens is 1. The molecule has 4 rings (SSSR count). The highest BCUT2D eigenvalue weighted by Gasteiger charge is 2.38. The van der Waals surface area contributed by atoms with E-state index in [0.29, 0.717) is 31.6 Å². The summed E-state index contributed by atoms with van der Waals surface area (Å²) in [4.78, 5) is 43.8. The zero-order valence-electron chi connectivity index (χ0n) is 17.4. The molecule has 0 bridgehead atoms. The van der Waals surface area contributed by atoms with Gasteiger partial charge in [-0.1, -0.05) is 30.3 Å². The Kier molecular flexibility index (Phi) is 5.75. The molecular weight excluding hydrogens is 394 g/mol. The molecule has 7 heteroatoms. The van der Waals surface area contributed by atoms with Crippen LogP contribution in [0.5, 0.6) is 0 Å². The van der Waals surface area contributed by atoms with Crippen molar-refractivity contribution in [2.24, 2.45) is 0 Å². The van der Waals surface area contributed by atoms with E-state index in [4.69, 9.17) is 0 Å². The van der Waals surface area contributed by atoms with E-state index >= 15 is 0 Å². The summed E-state index contributed by atoms with van der Waals surface area (Å²) >= 11 is 0. The van der Waals surface area contributed by atoms with Crippen LogP contribution in [0.2, 0.25) is 0 Å². The number of hydrogen-bond donors (Lipinski definition) is 2. The molecule has 1 aliphatic heterocycles. The quantitative estimate of drug-likeness (QED) is 0.643. The van der Waals surface area contributed by atoms with Gasteiger partial charge in [0.2, 0.25) is 5.91 Å². The van der Waals surface area contributed by atoms with Crippen LogP contribution >= 0.6 is 0 Å². The van der Waals surface area contributed by atoms with Gasteiger partial charge in [0.05, 0.1) is 6.42 Å². The number of aliphatic carboxylic acids is 1. The van der Waals surface area contributed by atoms with Crippen LogP contribution in [0.25, 0.3) is 10.9 Å². The first-order valence-corrected chi connectivity index (χ1v) is 10.4. The van der Waals surface area contributed by atoms with E-state index in [1.54, 1.807) is 35.2 Å². The number of carboxylic acid groups (broad SMARTS) is 1. The van der Waals surface area contributed by atoms with Crippen molar-refractivity contribution in [1.82, 2.24) is 14.8 Å². The fourth-order valence-electron chi connectivity index (χ4n) is 4.18. The average molecular weight is 419 g/mol. The summed E-state index contributed by atoms with van der Waals surface area (Å²) in [7, 11) is 0. The van der Waals surface area contributed by atoms with Crippen LogP contribution in [0.15, 0.2) is 54.7 Å². The molecule has 31 heavy (non-hydrogen) atoms. The van der Waals surface area contributed by atoms with Gasteiger partial charge in [-0.15, -0.1) is 0 Å². The van der Waals surface area contributed by atoms with E-state index in [1.807, 2.05) is 13.1 Å². The van der Waals surface area contributed by atoms with Crippen molar-refractivity contribution in [2.75, 3.05) is 19.6 Å². The number of nitrogens with zero attached hydrogens (tertiary/aromatic N) is 2. The fraction of sp³-hybridized carbons (Fsp3) is 0.292. The SMILES string of the molecule is Cc1ccc2c(CCN3CCN(C(=O)c4ccccc4)C(CC(=O)O)C3=O)c[nH]c2c1. The van der Waals surface area contributed by atoms with Crippen LogP contribution in [0.3, 0.4) is 0 Å². The Morgan fingerprint density at radius 1 is 1.13 bits per heavy atom. The predicted molar refractivity (Wildman–Crippen MR) is 117 cm³/mol. The van der Waals surface area contributed by atoms with Crippen molar-refractivity contribution in [3.63, 3.8) is 0 Å². The molecule has 1 aromatic heterocycles. The summed E-state index contributed by atoms with van der Waals surface area (Å²) in [5, 5.41) is 10.5. The van der Waals surface area contributed by atoms with Crippen LogP contribution in [0, 0.1) is 6.92 Å². The first kappa shape index (κ1) is 20.7. The van der Waals surface area contributed by atoms with Crippen molar-refractivity contribution in [3.8, 4) is 0 Å². The van der Waals surface area contributed by atoms with Crippen molar-refractivity contribution < 1.29 is 19.5 Å². The summed E-state index contributed by atoms with van der Waals surface area (Å²) in [5.74, 6) is -1.72. The molecule has 0 saturated carbocycles. The standard InChI is InChI=1S/C24H25N3O4/c1-16-7-8-19-18(15-25-20(19)13-16)9-10-26-11-12-27(21(24(26)31)14-22(28)29)23(30)17-5-3-2-4-6-17/h2-8,13,15,21,25H,9-12,14H2,1H3,(H,28,29). The molecule has 0 radical (unpaired) electrons. The minimum absolute atomic E-state index is 0.310. The van der Waals surface area contributed by atoms with E-state index < -0.39 is 18.4 Å². The van der Waals surface area contributed by atoms with Gasteiger partial charge >= 0.3 is 5.97 Å². The van der Waals surface area contributed by atoms with Crippen LogP contribution in [0.1, 0.15) is 27.9 Å². The normalized spacial score (nSPS) is 16.7. The highest BCUT2D eigenvalue weighted by atomic mass is 16.4. The maximum Gasteiger partial charge on any atom is 0.305 e. The van der Waals surface area contributed by atoms with E-state index in [-0.39, 0.29) is 11.8 Å². The molecule has 2 aromatic carbocycles.